The summed E-state index contributed by atoms with van der Waals surface area (Å²) in [5.74, 6) is 2.24. The molecule has 320 valence electrons. The predicted molar refractivity (Wildman–Crippen MR) is 239 cm³/mol. The molecule has 2 fully saturated rings. The largest absolute Gasteiger partial charge is 0.483 e. The molecule has 2 aliphatic carbocycles. The molecule has 0 N–H and O–H groups in total. The highest BCUT2D eigenvalue weighted by Crippen LogP contribution is 2.47. The van der Waals surface area contributed by atoms with E-state index in [9.17, 15) is 9.59 Å². The first-order valence-corrected chi connectivity index (χ1v) is 22.8. The predicted octanol–water partition coefficient (Wildman–Crippen LogP) is 14.5. The third kappa shape index (κ3) is 13.5. The molecule has 60 heavy (non-hydrogen) atoms. The summed E-state index contributed by atoms with van der Waals surface area (Å²) in [4.78, 5) is 26.8. The molecule has 6 rings (SSSR count). The lowest BCUT2D eigenvalue weighted by Crippen LogP contribution is -2.26. The molecule has 8 heteroatoms. The number of unbranched alkanes of at least 4 members (excludes halogenated alkanes) is 4. The van der Waals surface area contributed by atoms with Crippen LogP contribution < -0.4 is 18.9 Å². The number of aryl methyl sites for hydroxylation is 2. The monoisotopic (exact) mass is 814 g/mol. The molecule has 2 saturated carbocycles. The van der Waals surface area contributed by atoms with E-state index in [1.807, 2.05) is 62.4 Å². The second kappa shape index (κ2) is 23.1. The lowest BCUT2D eigenvalue weighted by molar-refractivity contribution is -0.141. The van der Waals surface area contributed by atoms with Crippen molar-refractivity contribution >= 4 is 23.3 Å². The van der Waals surface area contributed by atoms with Crippen LogP contribution in [0.25, 0.3) is 0 Å². The lowest BCUT2D eigenvalue weighted by atomic mass is 9.80. The molecule has 8 nitrogen and oxygen atoms in total. The van der Waals surface area contributed by atoms with Crippen LogP contribution in [0.4, 0.5) is 11.4 Å². The molecule has 0 spiro atoms. The fraction of sp³-hybridized carbons (Fsp3) is 0.500. The van der Waals surface area contributed by atoms with E-state index in [4.69, 9.17) is 18.9 Å². The number of rotatable bonds is 20. The van der Waals surface area contributed by atoms with Crippen LogP contribution in [0.3, 0.4) is 0 Å². The Kier molecular flexibility index (Phi) is 17.2. The van der Waals surface area contributed by atoms with Crippen molar-refractivity contribution < 1.29 is 28.5 Å². The van der Waals surface area contributed by atoms with Gasteiger partial charge in [0.15, 0.2) is 11.5 Å². The first kappa shape index (κ1) is 44.6. The number of esters is 2. The van der Waals surface area contributed by atoms with Crippen LogP contribution in [-0.2, 0) is 22.8 Å². The Labute approximate surface area is 358 Å². The highest BCUT2D eigenvalue weighted by atomic mass is 16.6. The van der Waals surface area contributed by atoms with E-state index < -0.39 is 0 Å². The highest BCUT2D eigenvalue weighted by molar-refractivity contribution is 5.78. The van der Waals surface area contributed by atoms with Gasteiger partial charge in [0.05, 0.1) is 17.5 Å². The van der Waals surface area contributed by atoms with E-state index in [1.54, 1.807) is 36.4 Å². The Bertz CT molecular complexity index is 1960. The minimum Gasteiger partial charge on any atom is -0.483 e. The standard InChI is InChI=1S/C52H66N2O6/c1-5-7-9-11-39-21-25-43(26-22-39)51(55)59-46-31-29-45(30-32-46)53-54-47-33-34-48(60-52(56)44-27-23-40(24-28-44)12-10-8-6-2)50(58-36-42-19-15-38(4)16-20-42)49(47)57-35-41-17-13-37(3)14-18-41/h13-20,29-34,39-40,43-44H,5-12,21-28,35-36H2,1-4H3. The Morgan fingerprint density at radius 2 is 1.02 bits per heavy atom. The molecule has 0 unspecified atom stereocenters. The normalized spacial score (nSPS) is 19.2. The van der Waals surface area contributed by atoms with Crippen LogP contribution in [0.1, 0.15) is 139 Å². The van der Waals surface area contributed by atoms with E-state index in [1.165, 1.54) is 51.4 Å². The van der Waals surface area contributed by atoms with Crippen LogP contribution in [0.5, 0.6) is 23.0 Å². The molecule has 0 heterocycles. The number of carbonyl (C=O) groups excluding carboxylic acids is 2. The fourth-order valence-corrected chi connectivity index (χ4v) is 8.47. The summed E-state index contributed by atoms with van der Waals surface area (Å²) >= 11 is 0. The Balaban J connectivity index is 1.20. The van der Waals surface area contributed by atoms with Gasteiger partial charge < -0.3 is 18.9 Å². The van der Waals surface area contributed by atoms with Crippen molar-refractivity contribution in [2.24, 2.45) is 33.9 Å². The van der Waals surface area contributed by atoms with Gasteiger partial charge in [-0.05, 0) is 125 Å². The molecule has 0 atom stereocenters. The number of azo groups is 1. The summed E-state index contributed by atoms with van der Waals surface area (Å²) in [6.45, 7) is 9.05. The van der Waals surface area contributed by atoms with Gasteiger partial charge in [0, 0.05) is 0 Å². The Hall–Kier alpha value is -4.98. The molecule has 0 radical (unpaired) electrons. The van der Waals surface area contributed by atoms with Crippen molar-refractivity contribution in [3.05, 3.63) is 107 Å². The minimum absolute atomic E-state index is 0.0508. The van der Waals surface area contributed by atoms with Crippen molar-refractivity contribution in [2.75, 3.05) is 0 Å². The molecule has 2 aliphatic rings. The summed E-state index contributed by atoms with van der Waals surface area (Å²) in [5, 5.41) is 9.21. The zero-order valence-electron chi connectivity index (χ0n) is 36.5. The van der Waals surface area contributed by atoms with Gasteiger partial charge in [-0.3, -0.25) is 9.59 Å². The van der Waals surface area contributed by atoms with Crippen molar-refractivity contribution in [1.82, 2.24) is 0 Å². The molecule has 0 bridgehead atoms. The van der Waals surface area contributed by atoms with Gasteiger partial charge in [-0.25, -0.2) is 0 Å². The summed E-state index contributed by atoms with van der Waals surface area (Å²) < 4.78 is 25.1. The fourth-order valence-electron chi connectivity index (χ4n) is 8.47. The molecular formula is C52H66N2O6. The van der Waals surface area contributed by atoms with Crippen molar-refractivity contribution in [2.45, 2.75) is 144 Å². The lowest BCUT2D eigenvalue weighted by Gasteiger charge is -2.27. The maximum atomic E-state index is 13.8. The average Bonchev–Trinajstić information content (AvgIpc) is 3.27. The van der Waals surface area contributed by atoms with E-state index in [0.717, 1.165) is 79.5 Å². The number of nitrogens with zero attached hydrogens (tertiary/aromatic N) is 2. The van der Waals surface area contributed by atoms with Gasteiger partial charge in [0.1, 0.15) is 24.7 Å². The van der Waals surface area contributed by atoms with Gasteiger partial charge >= 0.3 is 11.9 Å². The van der Waals surface area contributed by atoms with E-state index in [-0.39, 0.29) is 37.0 Å². The number of hydrogen-bond acceptors (Lipinski definition) is 8. The minimum atomic E-state index is -0.239. The third-order valence-electron chi connectivity index (χ3n) is 12.4. The molecule has 0 aliphatic heterocycles. The quantitative estimate of drug-likeness (QED) is 0.0381. The van der Waals surface area contributed by atoms with Crippen molar-refractivity contribution in [1.29, 1.82) is 0 Å². The maximum Gasteiger partial charge on any atom is 0.314 e. The van der Waals surface area contributed by atoms with Crippen molar-refractivity contribution in [3.63, 3.8) is 0 Å². The molecule has 0 saturated heterocycles. The number of hydrogen-bond donors (Lipinski definition) is 0. The maximum absolute atomic E-state index is 13.8. The van der Waals surface area contributed by atoms with E-state index >= 15 is 0 Å². The van der Waals surface area contributed by atoms with E-state index in [2.05, 4.69) is 24.1 Å². The summed E-state index contributed by atoms with van der Waals surface area (Å²) in [7, 11) is 0. The molecule has 0 amide bonds. The molecule has 4 aromatic rings. The Morgan fingerprint density at radius 3 is 1.52 bits per heavy atom. The summed E-state index contributed by atoms with van der Waals surface area (Å²) in [5.41, 5.74) is 5.24. The zero-order valence-corrected chi connectivity index (χ0v) is 36.5. The van der Waals surface area contributed by atoms with Gasteiger partial charge in [-0.2, -0.15) is 5.11 Å². The second-order valence-electron chi connectivity index (χ2n) is 17.3. The first-order chi connectivity index (χ1) is 29.3. The second-order valence-corrected chi connectivity index (χ2v) is 17.3. The summed E-state index contributed by atoms with van der Waals surface area (Å²) in [6.07, 6.45) is 17.8. The first-order valence-electron chi connectivity index (χ1n) is 22.8. The number of ether oxygens (including phenoxy) is 4. The Morgan fingerprint density at radius 1 is 0.533 bits per heavy atom. The van der Waals surface area contributed by atoms with Crippen LogP contribution in [0.15, 0.2) is 95.2 Å². The van der Waals surface area contributed by atoms with Crippen LogP contribution in [0, 0.1) is 37.5 Å². The van der Waals surface area contributed by atoms with Crippen molar-refractivity contribution in [3.8, 4) is 23.0 Å². The van der Waals surface area contributed by atoms with E-state index in [0.29, 0.717) is 40.3 Å². The molecule has 4 aromatic carbocycles. The smallest absolute Gasteiger partial charge is 0.314 e. The van der Waals surface area contributed by atoms with Gasteiger partial charge in [0.25, 0.3) is 0 Å². The molecular weight excluding hydrogens is 749 g/mol. The van der Waals surface area contributed by atoms with Crippen LogP contribution >= 0.6 is 0 Å². The van der Waals surface area contributed by atoms with Gasteiger partial charge in [0.2, 0.25) is 5.75 Å². The number of benzene rings is 4. The van der Waals surface area contributed by atoms with Crippen LogP contribution in [-0.4, -0.2) is 11.9 Å². The van der Waals surface area contributed by atoms with Crippen LogP contribution in [0.2, 0.25) is 0 Å². The van der Waals surface area contributed by atoms with Gasteiger partial charge in [-0.1, -0.05) is 125 Å². The average molecular weight is 815 g/mol. The number of carbonyl (C=O) groups is 2. The summed E-state index contributed by atoms with van der Waals surface area (Å²) in [6, 6.07) is 26.9. The van der Waals surface area contributed by atoms with Gasteiger partial charge in [-0.15, -0.1) is 5.11 Å². The molecule has 0 aromatic heterocycles. The third-order valence-corrected chi connectivity index (χ3v) is 12.4. The zero-order chi connectivity index (χ0) is 42.1. The highest BCUT2D eigenvalue weighted by Gasteiger charge is 2.30. The topological polar surface area (TPSA) is 95.8 Å². The SMILES string of the molecule is CCCCCC1CCC(C(=O)Oc2ccc(N=Nc3ccc(OC(=O)C4CCC(CCCCC)CC4)c(OCc4ccc(C)cc4)c3OCc3ccc(C)cc3)cc2)CC1.